The van der Waals surface area contributed by atoms with E-state index in [1.165, 1.54) is 21.1 Å². The second-order valence-electron chi connectivity index (χ2n) is 9.63. The van der Waals surface area contributed by atoms with Crippen LogP contribution in [-0.4, -0.2) is 51.9 Å². The Kier molecular flexibility index (Phi) is 7.41. The molecule has 3 aromatic carbocycles. The van der Waals surface area contributed by atoms with Crippen LogP contribution in [0.3, 0.4) is 0 Å². The Labute approximate surface area is 215 Å². The minimum Gasteiger partial charge on any atom is -0.368 e. The maximum atomic E-state index is 13.8. The van der Waals surface area contributed by atoms with Gasteiger partial charge in [-0.05, 0) is 81.1 Å². The maximum absolute atomic E-state index is 13.8. The van der Waals surface area contributed by atoms with Gasteiger partial charge in [0, 0.05) is 31.9 Å². The first-order chi connectivity index (χ1) is 17.1. The van der Waals surface area contributed by atoms with Gasteiger partial charge >= 0.3 is 0 Å². The summed E-state index contributed by atoms with van der Waals surface area (Å²) in [5, 5.41) is 0. The lowest BCUT2D eigenvalue weighted by molar-refractivity contribution is -0.129. The molecular weight excluding hydrogens is 470 g/mol. The summed E-state index contributed by atoms with van der Waals surface area (Å²) in [6.07, 6.45) is 0. The van der Waals surface area contributed by atoms with Crippen LogP contribution < -0.4 is 9.21 Å². The molecule has 1 aliphatic rings. The molecule has 7 heteroatoms. The molecule has 0 atom stereocenters. The maximum Gasteiger partial charge on any atom is 0.264 e. The molecule has 6 nitrogen and oxygen atoms in total. The van der Waals surface area contributed by atoms with Crippen molar-refractivity contribution in [2.45, 2.75) is 39.5 Å². The Morgan fingerprint density at radius 2 is 1.36 bits per heavy atom. The van der Waals surface area contributed by atoms with Crippen molar-refractivity contribution in [2.24, 2.45) is 0 Å². The first kappa shape index (κ1) is 25.8. The zero-order valence-corrected chi connectivity index (χ0v) is 22.6. The fourth-order valence-corrected chi connectivity index (χ4v) is 6.11. The molecule has 0 saturated carbocycles. The van der Waals surface area contributed by atoms with E-state index in [1.54, 1.807) is 35.2 Å². The normalized spacial score (nSPS) is 14.1. The number of aryl methyl sites for hydroxylation is 3. The van der Waals surface area contributed by atoms with E-state index in [0.29, 0.717) is 31.9 Å². The summed E-state index contributed by atoms with van der Waals surface area (Å²) in [4.78, 5) is 17.7. The second-order valence-corrected chi connectivity index (χ2v) is 11.5. The Balaban J connectivity index is 1.58. The van der Waals surface area contributed by atoms with Crippen molar-refractivity contribution < 1.29 is 13.2 Å². The Morgan fingerprint density at radius 3 is 2.00 bits per heavy atom. The van der Waals surface area contributed by atoms with Crippen LogP contribution in [0.5, 0.6) is 0 Å². The zero-order valence-electron chi connectivity index (χ0n) is 21.8. The number of carbonyl (C=O) groups is 1. The van der Waals surface area contributed by atoms with Gasteiger partial charge in [0.15, 0.2) is 0 Å². The highest BCUT2D eigenvalue weighted by atomic mass is 32.2. The molecule has 1 amide bonds. The molecule has 0 aliphatic carbocycles. The Morgan fingerprint density at radius 1 is 0.778 bits per heavy atom. The molecule has 4 rings (SSSR count). The number of rotatable bonds is 6. The Bertz CT molecular complexity index is 1360. The van der Waals surface area contributed by atoms with E-state index in [1.807, 2.05) is 32.9 Å². The van der Waals surface area contributed by atoms with Crippen molar-refractivity contribution in [3.8, 4) is 0 Å². The number of benzene rings is 3. The molecule has 0 bridgehead atoms. The number of sulfonamides is 1. The van der Waals surface area contributed by atoms with Gasteiger partial charge in [0.2, 0.25) is 5.91 Å². The molecule has 36 heavy (non-hydrogen) atoms. The smallest absolute Gasteiger partial charge is 0.264 e. The lowest BCUT2D eigenvalue weighted by Crippen LogP contribution is -2.52. The van der Waals surface area contributed by atoms with Gasteiger partial charge in [0.25, 0.3) is 10.0 Å². The van der Waals surface area contributed by atoms with Gasteiger partial charge in [-0.2, -0.15) is 0 Å². The van der Waals surface area contributed by atoms with Crippen LogP contribution in [0, 0.1) is 34.6 Å². The fraction of sp³-hybridized carbons (Fsp3) is 0.345. The highest BCUT2D eigenvalue weighted by molar-refractivity contribution is 7.92. The third kappa shape index (κ3) is 5.12. The number of hydrogen-bond donors (Lipinski definition) is 0. The van der Waals surface area contributed by atoms with Crippen molar-refractivity contribution in [1.82, 2.24) is 4.90 Å². The lowest BCUT2D eigenvalue weighted by Gasteiger charge is -2.38. The number of anilines is 2. The van der Waals surface area contributed by atoms with Gasteiger partial charge in [0.1, 0.15) is 6.54 Å². The number of piperazine rings is 1. The van der Waals surface area contributed by atoms with Crippen LogP contribution in [0.25, 0.3) is 0 Å². The number of carbonyl (C=O) groups excluding carboxylic acids is 1. The predicted molar refractivity (Wildman–Crippen MR) is 146 cm³/mol. The standard InChI is InChI=1S/C29H35N3O3S/c1-21-12-14-26(15-13-21)36(34,35)32(28-11-7-9-23(3)25(28)5)20-29(33)31-18-16-30(17-19-31)27-10-6-8-22(2)24(27)4/h6-15H,16-20H2,1-5H3. The lowest BCUT2D eigenvalue weighted by atomic mass is 10.1. The summed E-state index contributed by atoms with van der Waals surface area (Å²) in [5.41, 5.74) is 7.04. The van der Waals surface area contributed by atoms with Crippen molar-refractivity contribution in [3.05, 3.63) is 88.5 Å². The molecule has 0 radical (unpaired) electrons. The van der Waals surface area contributed by atoms with Crippen LogP contribution in [-0.2, 0) is 14.8 Å². The molecule has 0 spiro atoms. The van der Waals surface area contributed by atoms with Crippen LogP contribution in [0.1, 0.15) is 27.8 Å². The van der Waals surface area contributed by atoms with E-state index in [-0.39, 0.29) is 17.3 Å². The minimum atomic E-state index is -3.93. The second kappa shape index (κ2) is 10.3. The summed E-state index contributed by atoms with van der Waals surface area (Å²) in [7, 11) is -3.93. The number of nitrogens with zero attached hydrogens (tertiary/aromatic N) is 3. The van der Waals surface area contributed by atoms with Gasteiger partial charge in [-0.1, -0.05) is 42.0 Å². The largest absolute Gasteiger partial charge is 0.368 e. The highest BCUT2D eigenvalue weighted by Crippen LogP contribution is 2.29. The molecule has 1 aliphatic heterocycles. The molecule has 1 heterocycles. The summed E-state index contributed by atoms with van der Waals surface area (Å²) in [6.45, 7) is 12.3. The number of amides is 1. The third-order valence-electron chi connectivity index (χ3n) is 7.28. The summed E-state index contributed by atoms with van der Waals surface area (Å²) < 4.78 is 28.8. The van der Waals surface area contributed by atoms with Crippen molar-refractivity contribution in [2.75, 3.05) is 41.9 Å². The van der Waals surface area contributed by atoms with E-state index in [9.17, 15) is 13.2 Å². The van der Waals surface area contributed by atoms with E-state index < -0.39 is 10.0 Å². The molecule has 3 aromatic rings. The first-order valence-electron chi connectivity index (χ1n) is 12.3. The number of hydrogen-bond acceptors (Lipinski definition) is 4. The highest BCUT2D eigenvalue weighted by Gasteiger charge is 2.31. The van der Waals surface area contributed by atoms with Gasteiger partial charge in [0.05, 0.1) is 10.6 Å². The van der Waals surface area contributed by atoms with Gasteiger partial charge in [-0.15, -0.1) is 0 Å². The topological polar surface area (TPSA) is 60.9 Å². The quantitative estimate of drug-likeness (QED) is 0.484. The van der Waals surface area contributed by atoms with Gasteiger partial charge in [-0.3, -0.25) is 9.10 Å². The summed E-state index contributed by atoms with van der Waals surface area (Å²) in [5.74, 6) is -0.188. The van der Waals surface area contributed by atoms with Crippen molar-refractivity contribution in [1.29, 1.82) is 0 Å². The molecule has 1 fully saturated rings. The average molecular weight is 506 g/mol. The zero-order chi connectivity index (χ0) is 26.0. The van der Waals surface area contributed by atoms with Crippen LogP contribution >= 0.6 is 0 Å². The van der Waals surface area contributed by atoms with Crippen LogP contribution in [0.15, 0.2) is 65.6 Å². The summed E-state index contributed by atoms with van der Waals surface area (Å²) >= 11 is 0. The van der Waals surface area contributed by atoms with Crippen molar-refractivity contribution in [3.63, 3.8) is 0 Å². The molecule has 190 valence electrons. The molecule has 0 unspecified atom stereocenters. The molecule has 0 N–H and O–H groups in total. The minimum absolute atomic E-state index is 0.182. The van der Waals surface area contributed by atoms with E-state index in [4.69, 9.17) is 0 Å². The first-order valence-corrected chi connectivity index (χ1v) is 13.8. The summed E-state index contributed by atoms with van der Waals surface area (Å²) in [6, 6.07) is 18.6. The van der Waals surface area contributed by atoms with Gasteiger partial charge in [-0.25, -0.2) is 8.42 Å². The monoisotopic (exact) mass is 505 g/mol. The predicted octanol–water partition coefficient (Wildman–Crippen LogP) is 4.77. The molecule has 1 saturated heterocycles. The van der Waals surface area contributed by atoms with E-state index >= 15 is 0 Å². The van der Waals surface area contributed by atoms with E-state index in [2.05, 4.69) is 36.9 Å². The third-order valence-corrected chi connectivity index (χ3v) is 9.06. The SMILES string of the molecule is Cc1ccc(S(=O)(=O)N(CC(=O)N2CCN(c3cccc(C)c3C)CC2)c2cccc(C)c2C)cc1. The van der Waals surface area contributed by atoms with E-state index in [0.717, 1.165) is 16.7 Å². The Hall–Kier alpha value is -3.32. The van der Waals surface area contributed by atoms with Crippen molar-refractivity contribution >= 4 is 27.3 Å². The van der Waals surface area contributed by atoms with Crippen LogP contribution in [0.2, 0.25) is 0 Å². The molecule has 0 aromatic heterocycles. The van der Waals surface area contributed by atoms with Gasteiger partial charge < -0.3 is 9.80 Å². The van der Waals surface area contributed by atoms with Crippen LogP contribution in [0.4, 0.5) is 11.4 Å². The average Bonchev–Trinajstić information content (AvgIpc) is 2.86. The molecular formula is C29H35N3O3S. The fourth-order valence-electron chi connectivity index (χ4n) is 4.64.